The van der Waals surface area contributed by atoms with Gasteiger partial charge in [0.1, 0.15) is 0 Å². The molecule has 1 heterocycles. The molecule has 1 aromatic rings. The number of carbonyl (C=O) groups is 1. The molecule has 0 aliphatic carbocycles. The molecule has 2 atom stereocenters. The SMILES string of the molecule is CC[C@@H](Cc1ccc(C(F)(F)F)cc1)C(=O)NC[C@@H]1CCCOC1. The van der Waals surface area contributed by atoms with E-state index >= 15 is 0 Å². The first-order valence-corrected chi connectivity index (χ1v) is 8.41. The molecule has 1 fully saturated rings. The van der Waals surface area contributed by atoms with Crippen LogP contribution in [0.4, 0.5) is 13.2 Å². The highest BCUT2D eigenvalue weighted by Gasteiger charge is 2.30. The molecule has 1 saturated heterocycles. The van der Waals surface area contributed by atoms with Gasteiger partial charge in [0.15, 0.2) is 0 Å². The Morgan fingerprint density at radius 3 is 2.58 bits per heavy atom. The third kappa shape index (κ3) is 5.51. The molecule has 1 N–H and O–H groups in total. The van der Waals surface area contributed by atoms with Crippen LogP contribution in [0.1, 0.15) is 37.3 Å². The van der Waals surface area contributed by atoms with Crippen LogP contribution < -0.4 is 5.32 Å². The number of carbonyl (C=O) groups excluding carboxylic acids is 1. The molecule has 0 aromatic heterocycles. The molecule has 134 valence electrons. The van der Waals surface area contributed by atoms with Gasteiger partial charge in [-0.1, -0.05) is 19.1 Å². The Hall–Kier alpha value is -1.56. The van der Waals surface area contributed by atoms with E-state index < -0.39 is 11.7 Å². The fourth-order valence-electron chi connectivity index (χ4n) is 2.89. The molecule has 2 rings (SSSR count). The maximum Gasteiger partial charge on any atom is 0.416 e. The molecule has 0 saturated carbocycles. The minimum Gasteiger partial charge on any atom is -0.381 e. The van der Waals surface area contributed by atoms with Crippen molar-refractivity contribution in [2.75, 3.05) is 19.8 Å². The highest BCUT2D eigenvalue weighted by Crippen LogP contribution is 2.29. The van der Waals surface area contributed by atoms with Gasteiger partial charge in [-0.2, -0.15) is 13.2 Å². The third-order valence-corrected chi connectivity index (χ3v) is 4.45. The zero-order valence-electron chi connectivity index (χ0n) is 13.9. The Labute approximate surface area is 140 Å². The minimum atomic E-state index is -4.33. The van der Waals surface area contributed by atoms with E-state index in [2.05, 4.69) is 5.32 Å². The monoisotopic (exact) mass is 343 g/mol. The number of halogens is 3. The summed E-state index contributed by atoms with van der Waals surface area (Å²) in [5.41, 5.74) is 0.0760. The van der Waals surface area contributed by atoms with Gasteiger partial charge in [-0.3, -0.25) is 4.79 Å². The molecule has 1 aromatic carbocycles. The molecule has 24 heavy (non-hydrogen) atoms. The molecule has 0 unspecified atom stereocenters. The van der Waals surface area contributed by atoms with E-state index in [-0.39, 0.29) is 11.8 Å². The lowest BCUT2D eigenvalue weighted by Gasteiger charge is -2.23. The van der Waals surface area contributed by atoms with E-state index in [4.69, 9.17) is 4.74 Å². The van der Waals surface area contributed by atoms with Crippen molar-refractivity contribution < 1.29 is 22.7 Å². The third-order valence-electron chi connectivity index (χ3n) is 4.45. The Morgan fingerprint density at radius 2 is 2.04 bits per heavy atom. The zero-order valence-corrected chi connectivity index (χ0v) is 13.9. The van der Waals surface area contributed by atoms with E-state index in [0.717, 1.165) is 37.1 Å². The molecule has 0 bridgehead atoms. The fourth-order valence-corrected chi connectivity index (χ4v) is 2.89. The van der Waals surface area contributed by atoms with Gasteiger partial charge in [0.05, 0.1) is 12.2 Å². The van der Waals surface area contributed by atoms with Crippen molar-refractivity contribution in [3.63, 3.8) is 0 Å². The molecule has 3 nitrogen and oxygen atoms in total. The lowest BCUT2D eigenvalue weighted by molar-refractivity contribution is -0.137. The lowest BCUT2D eigenvalue weighted by atomic mass is 9.95. The van der Waals surface area contributed by atoms with Gasteiger partial charge in [0.25, 0.3) is 0 Å². The second-order valence-electron chi connectivity index (χ2n) is 6.33. The summed E-state index contributed by atoms with van der Waals surface area (Å²) < 4.78 is 43.1. The lowest BCUT2D eigenvalue weighted by Crippen LogP contribution is -2.37. The van der Waals surface area contributed by atoms with Crippen molar-refractivity contribution in [3.05, 3.63) is 35.4 Å². The summed E-state index contributed by atoms with van der Waals surface area (Å²) >= 11 is 0. The topological polar surface area (TPSA) is 38.3 Å². The molecule has 0 spiro atoms. The highest BCUT2D eigenvalue weighted by molar-refractivity contribution is 5.78. The van der Waals surface area contributed by atoms with Gasteiger partial charge >= 0.3 is 6.18 Å². The van der Waals surface area contributed by atoms with Gasteiger partial charge in [-0.25, -0.2) is 0 Å². The number of ether oxygens (including phenoxy) is 1. The maximum absolute atomic E-state index is 12.6. The molecule has 6 heteroatoms. The number of alkyl halides is 3. The second kappa shape index (κ2) is 8.51. The van der Waals surface area contributed by atoms with Gasteiger partial charge < -0.3 is 10.1 Å². The highest BCUT2D eigenvalue weighted by atomic mass is 19.4. The van der Waals surface area contributed by atoms with Crippen LogP contribution in [0.5, 0.6) is 0 Å². The van der Waals surface area contributed by atoms with Crippen molar-refractivity contribution in [1.82, 2.24) is 5.32 Å². The summed E-state index contributed by atoms with van der Waals surface area (Å²) in [6.07, 6.45) is -1.17. The minimum absolute atomic E-state index is 0.0389. The number of rotatable bonds is 6. The summed E-state index contributed by atoms with van der Waals surface area (Å²) in [4.78, 5) is 12.3. The Balaban J connectivity index is 1.87. The first-order chi connectivity index (χ1) is 11.4. The van der Waals surface area contributed by atoms with Gasteiger partial charge in [-0.15, -0.1) is 0 Å². The van der Waals surface area contributed by atoms with Crippen molar-refractivity contribution in [3.8, 4) is 0 Å². The Morgan fingerprint density at radius 1 is 1.33 bits per heavy atom. The molecule has 1 aliphatic rings. The van der Waals surface area contributed by atoms with Crippen LogP contribution in [0.25, 0.3) is 0 Å². The number of hydrogen-bond acceptors (Lipinski definition) is 2. The van der Waals surface area contributed by atoms with Crippen LogP contribution in [0.15, 0.2) is 24.3 Å². The van der Waals surface area contributed by atoms with E-state index in [9.17, 15) is 18.0 Å². The number of amides is 1. The van der Waals surface area contributed by atoms with Crippen LogP contribution in [0, 0.1) is 11.8 Å². The summed E-state index contributed by atoms with van der Waals surface area (Å²) in [7, 11) is 0. The van der Waals surface area contributed by atoms with Gasteiger partial charge in [0.2, 0.25) is 5.91 Å². The average Bonchev–Trinajstić information content (AvgIpc) is 2.58. The fraction of sp³-hybridized carbons (Fsp3) is 0.611. The largest absolute Gasteiger partial charge is 0.416 e. The predicted octanol–water partition coefficient (Wildman–Crippen LogP) is 3.82. The summed E-state index contributed by atoms with van der Waals surface area (Å²) in [5.74, 6) is 0.0838. The quantitative estimate of drug-likeness (QED) is 0.853. The van der Waals surface area contributed by atoms with Gasteiger partial charge in [-0.05, 0) is 49.3 Å². The summed E-state index contributed by atoms with van der Waals surface area (Å²) in [6.45, 7) is 3.98. The second-order valence-corrected chi connectivity index (χ2v) is 6.33. The van der Waals surface area contributed by atoms with Crippen molar-refractivity contribution in [1.29, 1.82) is 0 Å². The van der Waals surface area contributed by atoms with Crippen LogP contribution >= 0.6 is 0 Å². The van der Waals surface area contributed by atoms with Gasteiger partial charge in [0, 0.05) is 19.1 Å². The van der Waals surface area contributed by atoms with Crippen LogP contribution in [0.3, 0.4) is 0 Å². The van der Waals surface area contributed by atoms with Crippen molar-refractivity contribution >= 4 is 5.91 Å². The molecule has 1 aliphatic heterocycles. The van der Waals surface area contributed by atoms with E-state index in [0.29, 0.717) is 31.9 Å². The first kappa shape index (κ1) is 18.8. The maximum atomic E-state index is 12.6. The molecular formula is C18H24F3NO2. The van der Waals surface area contributed by atoms with E-state index in [1.165, 1.54) is 12.1 Å². The number of nitrogens with one attached hydrogen (secondary N) is 1. The predicted molar refractivity (Wildman–Crippen MR) is 85.5 cm³/mol. The van der Waals surface area contributed by atoms with Crippen molar-refractivity contribution in [2.24, 2.45) is 11.8 Å². The Kier molecular flexibility index (Phi) is 6.66. The summed E-state index contributed by atoms with van der Waals surface area (Å²) in [6, 6.07) is 5.04. The smallest absolute Gasteiger partial charge is 0.381 e. The standard InChI is InChI=1S/C18H24F3NO2/c1-2-15(17(23)22-11-14-4-3-9-24-12-14)10-13-5-7-16(8-6-13)18(19,20)21/h5-8,14-15H,2-4,9-12H2,1H3,(H,22,23)/t14-,15-/m0/s1. The van der Waals surface area contributed by atoms with Crippen LogP contribution in [-0.4, -0.2) is 25.7 Å². The number of hydrogen-bond donors (Lipinski definition) is 1. The van der Waals surface area contributed by atoms with E-state index in [1.807, 2.05) is 6.92 Å². The average molecular weight is 343 g/mol. The van der Waals surface area contributed by atoms with E-state index in [1.54, 1.807) is 0 Å². The zero-order chi connectivity index (χ0) is 17.6. The normalized spacial score (nSPS) is 19.8. The van der Waals surface area contributed by atoms with Crippen molar-refractivity contribution in [2.45, 2.75) is 38.8 Å². The number of benzene rings is 1. The first-order valence-electron chi connectivity index (χ1n) is 8.41. The molecular weight excluding hydrogens is 319 g/mol. The molecule has 0 radical (unpaired) electrons. The molecule has 1 amide bonds. The van der Waals surface area contributed by atoms with Crippen LogP contribution in [-0.2, 0) is 22.1 Å². The van der Waals surface area contributed by atoms with Crippen LogP contribution in [0.2, 0.25) is 0 Å². The Bertz CT molecular complexity index is 522. The summed E-state index contributed by atoms with van der Waals surface area (Å²) in [5, 5.41) is 2.96.